The van der Waals surface area contributed by atoms with Crippen LogP contribution in [0, 0.1) is 0 Å². The van der Waals surface area contributed by atoms with Crippen LogP contribution < -0.4 is 24.4 Å². The molecule has 0 saturated carbocycles. The lowest BCUT2D eigenvalue weighted by Gasteiger charge is -2.35. The summed E-state index contributed by atoms with van der Waals surface area (Å²) in [7, 11) is 4.68. The Labute approximate surface area is 170 Å². The SMILES string of the molecule is COc1ccc(N2CCN(C(=O)C(=O)Nc3ccc(OC)c(OC)c3)CC2)cc1. The van der Waals surface area contributed by atoms with E-state index in [1.54, 1.807) is 30.2 Å². The fourth-order valence-electron chi connectivity index (χ4n) is 3.20. The van der Waals surface area contributed by atoms with Crippen LogP contribution in [0.1, 0.15) is 0 Å². The van der Waals surface area contributed by atoms with E-state index >= 15 is 0 Å². The summed E-state index contributed by atoms with van der Waals surface area (Å²) in [5.74, 6) is 0.607. The van der Waals surface area contributed by atoms with E-state index in [9.17, 15) is 9.59 Å². The van der Waals surface area contributed by atoms with Crippen molar-refractivity contribution < 1.29 is 23.8 Å². The molecule has 0 radical (unpaired) electrons. The summed E-state index contributed by atoms with van der Waals surface area (Å²) >= 11 is 0. The highest BCUT2D eigenvalue weighted by molar-refractivity contribution is 6.39. The van der Waals surface area contributed by atoms with Crippen molar-refractivity contribution in [3.8, 4) is 17.2 Å². The molecule has 1 aliphatic heterocycles. The molecule has 1 aliphatic rings. The lowest BCUT2D eigenvalue weighted by atomic mass is 10.2. The van der Waals surface area contributed by atoms with Crippen molar-refractivity contribution in [1.29, 1.82) is 0 Å². The number of hydrogen-bond acceptors (Lipinski definition) is 6. The van der Waals surface area contributed by atoms with E-state index in [0.717, 1.165) is 11.4 Å². The molecule has 1 fully saturated rings. The lowest BCUT2D eigenvalue weighted by Crippen LogP contribution is -2.51. The number of carbonyl (C=O) groups is 2. The number of benzene rings is 2. The summed E-state index contributed by atoms with van der Waals surface area (Å²) in [5, 5.41) is 2.63. The molecule has 0 atom stereocenters. The number of anilines is 2. The number of methoxy groups -OCH3 is 3. The summed E-state index contributed by atoms with van der Waals surface area (Å²) < 4.78 is 15.6. The van der Waals surface area contributed by atoms with Crippen LogP contribution in [0.25, 0.3) is 0 Å². The fourth-order valence-corrected chi connectivity index (χ4v) is 3.20. The minimum absolute atomic E-state index is 0.470. The minimum atomic E-state index is -0.671. The topological polar surface area (TPSA) is 80.3 Å². The smallest absolute Gasteiger partial charge is 0.313 e. The molecule has 0 spiro atoms. The van der Waals surface area contributed by atoms with Crippen molar-refractivity contribution in [3.05, 3.63) is 42.5 Å². The second-order valence-corrected chi connectivity index (χ2v) is 6.50. The van der Waals surface area contributed by atoms with Crippen molar-refractivity contribution in [2.24, 2.45) is 0 Å². The van der Waals surface area contributed by atoms with Crippen LogP contribution in [0.2, 0.25) is 0 Å². The molecule has 0 unspecified atom stereocenters. The maximum Gasteiger partial charge on any atom is 0.313 e. The summed E-state index contributed by atoms with van der Waals surface area (Å²) in [5.41, 5.74) is 1.53. The van der Waals surface area contributed by atoms with Crippen LogP contribution in [-0.4, -0.2) is 64.2 Å². The van der Waals surface area contributed by atoms with Gasteiger partial charge in [0.25, 0.3) is 0 Å². The Bertz CT molecular complexity index is 861. The molecule has 1 saturated heterocycles. The molecule has 8 heteroatoms. The van der Waals surface area contributed by atoms with Crippen molar-refractivity contribution in [2.45, 2.75) is 0 Å². The Hall–Kier alpha value is -3.42. The van der Waals surface area contributed by atoms with Crippen LogP contribution in [0.15, 0.2) is 42.5 Å². The van der Waals surface area contributed by atoms with E-state index in [1.165, 1.54) is 14.2 Å². The molecule has 29 heavy (non-hydrogen) atoms. The second-order valence-electron chi connectivity index (χ2n) is 6.50. The van der Waals surface area contributed by atoms with E-state index in [0.29, 0.717) is 43.4 Å². The fraction of sp³-hybridized carbons (Fsp3) is 0.333. The first-order valence-electron chi connectivity index (χ1n) is 9.27. The molecule has 2 aromatic carbocycles. The van der Waals surface area contributed by atoms with Crippen LogP contribution in [0.3, 0.4) is 0 Å². The largest absolute Gasteiger partial charge is 0.497 e. The van der Waals surface area contributed by atoms with Crippen LogP contribution >= 0.6 is 0 Å². The molecule has 0 aliphatic carbocycles. The summed E-state index contributed by atoms with van der Waals surface area (Å²) in [4.78, 5) is 28.7. The Morgan fingerprint density at radius 2 is 1.48 bits per heavy atom. The molecular formula is C21H25N3O5. The zero-order valence-corrected chi connectivity index (χ0v) is 16.8. The van der Waals surface area contributed by atoms with Gasteiger partial charge in [0.05, 0.1) is 21.3 Å². The van der Waals surface area contributed by atoms with E-state index in [1.807, 2.05) is 24.3 Å². The number of ether oxygens (including phenoxy) is 3. The van der Waals surface area contributed by atoms with E-state index in [-0.39, 0.29) is 0 Å². The number of hydrogen-bond donors (Lipinski definition) is 1. The van der Waals surface area contributed by atoms with Crippen LogP contribution in [0.5, 0.6) is 17.2 Å². The first-order valence-corrected chi connectivity index (χ1v) is 9.27. The second kappa shape index (κ2) is 9.18. The minimum Gasteiger partial charge on any atom is -0.497 e. The Balaban J connectivity index is 1.56. The van der Waals surface area contributed by atoms with Gasteiger partial charge in [0.2, 0.25) is 0 Å². The first-order chi connectivity index (χ1) is 14.0. The molecule has 154 valence electrons. The van der Waals surface area contributed by atoms with E-state index in [2.05, 4.69) is 10.2 Å². The lowest BCUT2D eigenvalue weighted by molar-refractivity contribution is -0.143. The van der Waals surface area contributed by atoms with Gasteiger partial charge >= 0.3 is 11.8 Å². The Morgan fingerprint density at radius 1 is 0.828 bits per heavy atom. The van der Waals surface area contributed by atoms with Gasteiger partial charge in [0.15, 0.2) is 11.5 Å². The summed E-state index contributed by atoms with van der Waals surface area (Å²) in [6, 6.07) is 12.7. The zero-order chi connectivity index (χ0) is 20.8. The van der Waals surface area contributed by atoms with Crippen molar-refractivity contribution in [3.63, 3.8) is 0 Å². The van der Waals surface area contributed by atoms with Crippen LogP contribution in [-0.2, 0) is 9.59 Å². The van der Waals surface area contributed by atoms with Crippen molar-refractivity contribution >= 4 is 23.2 Å². The summed E-state index contributed by atoms with van der Waals surface area (Å²) in [6.45, 7) is 2.26. The standard InChI is InChI=1S/C21H25N3O5/c1-27-17-7-5-16(6-8-17)23-10-12-24(13-11-23)21(26)20(25)22-15-4-9-18(28-2)19(14-15)29-3/h4-9,14H,10-13H2,1-3H3,(H,22,25). The van der Waals surface area contributed by atoms with Gasteiger partial charge in [-0.2, -0.15) is 0 Å². The average molecular weight is 399 g/mol. The molecule has 8 nitrogen and oxygen atoms in total. The maximum absolute atomic E-state index is 12.5. The number of amides is 2. The molecular weight excluding hydrogens is 374 g/mol. The molecule has 1 N–H and O–H groups in total. The van der Waals surface area contributed by atoms with Gasteiger partial charge in [-0.3, -0.25) is 9.59 Å². The number of nitrogens with one attached hydrogen (secondary N) is 1. The quantitative estimate of drug-likeness (QED) is 0.775. The normalized spacial score (nSPS) is 13.6. The van der Waals surface area contributed by atoms with Gasteiger partial charge in [-0.25, -0.2) is 0 Å². The first kappa shape index (κ1) is 20.3. The molecule has 0 aromatic heterocycles. The highest BCUT2D eigenvalue weighted by Gasteiger charge is 2.26. The highest BCUT2D eigenvalue weighted by atomic mass is 16.5. The molecule has 1 heterocycles. The zero-order valence-electron chi connectivity index (χ0n) is 16.8. The van der Waals surface area contributed by atoms with Gasteiger partial charge in [0.1, 0.15) is 5.75 Å². The average Bonchev–Trinajstić information content (AvgIpc) is 2.78. The summed E-state index contributed by atoms with van der Waals surface area (Å²) in [6.07, 6.45) is 0. The van der Waals surface area contributed by atoms with Gasteiger partial charge < -0.3 is 29.3 Å². The maximum atomic E-state index is 12.5. The highest BCUT2D eigenvalue weighted by Crippen LogP contribution is 2.29. The molecule has 3 rings (SSSR count). The number of piperazine rings is 1. The number of rotatable bonds is 5. The number of nitrogens with zero attached hydrogens (tertiary/aromatic N) is 2. The van der Waals surface area contributed by atoms with Crippen LogP contribution in [0.4, 0.5) is 11.4 Å². The Kier molecular flexibility index (Phi) is 6.43. The van der Waals surface area contributed by atoms with Gasteiger partial charge in [-0.05, 0) is 36.4 Å². The third-order valence-corrected chi connectivity index (χ3v) is 4.84. The van der Waals surface area contributed by atoms with Crippen molar-refractivity contribution in [1.82, 2.24) is 4.90 Å². The predicted octanol–water partition coefficient (Wildman–Crippen LogP) is 2.00. The third-order valence-electron chi connectivity index (χ3n) is 4.84. The van der Waals surface area contributed by atoms with Gasteiger partial charge in [0, 0.05) is 43.6 Å². The van der Waals surface area contributed by atoms with Gasteiger partial charge in [-0.15, -0.1) is 0 Å². The third kappa shape index (κ3) is 4.71. The van der Waals surface area contributed by atoms with E-state index in [4.69, 9.17) is 14.2 Å². The van der Waals surface area contributed by atoms with Gasteiger partial charge in [-0.1, -0.05) is 0 Å². The molecule has 0 bridgehead atoms. The monoisotopic (exact) mass is 399 g/mol. The Morgan fingerprint density at radius 3 is 2.07 bits per heavy atom. The molecule has 2 amide bonds. The van der Waals surface area contributed by atoms with Crippen molar-refractivity contribution in [2.75, 3.05) is 57.7 Å². The van der Waals surface area contributed by atoms with E-state index < -0.39 is 11.8 Å². The predicted molar refractivity (Wildman–Crippen MR) is 110 cm³/mol. The number of carbonyl (C=O) groups excluding carboxylic acids is 2. The molecule has 2 aromatic rings.